The van der Waals surface area contributed by atoms with Crippen LogP contribution in [0.4, 0.5) is 19.3 Å². The van der Waals surface area contributed by atoms with Gasteiger partial charge in [-0.15, -0.1) is 0 Å². The summed E-state index contributed by atoms with van der Waals surface area (Å²) < 4.78 is 33.3. The molecule has 1 atom stereocenters. The molecule has 1 aliphatic heterocycles. The Kier molecular flexibility index (Phi) is 7.45. The first kappa shape index (κ1) is 24.1. The molecule has 3 rings (SSSR count). The summed E-state index contributed by atoms with van der Waals surface area (Å²) in [5, 5.41) is 7.78. The molecule has 1 aliphatic rings. The predicted octanol–water partition coefficient (Wildman–Crippen LogP) is 5.68. The Morgan fingerprint density at radius 3 is 2.41 bits per heavy atom. The summed E-state index contributed by atoms with van der Waals surface area (Å²) in [6.07, 6.45) is -4.10. The molecular weight excluding hydrogens is 504 g/mol. The number of ether oxygens (including phenoxy) is 1. The smallest absolute Gasteiger partial charge is 0.409 e. The van der Waals surface area contributed by atoms with Gasteiger partial charge in [-0.05, 0) is 44.5 Å². The second-order valence-electron chi connectivity index (χ2n) is 7.39. The number of carbonyl (C=O) groups is 2. The maximum absolute atomic E-state index is 13.7. The Bertz CT molecular complexity index is 1050. The van der Waals surface area contributed by atoms with E-state index in [4.69, 9.17) is 4.74 Å². The van der Waals surface area contributed by atoms with Crippen molar-refractivity contribution < 1.29 is 23.1 Å². The SMILES string of the molecule is CC(C)OC(=O)NC1(C)NC(C(F)F)=C(C(=O)Nc2ccccc2-c2ccc(Br)cc2)S1. The lowest BCUT2D eigenvalue weighted by Crippen LogP contribution is -2.52. The van der Waals surface area contributed by atoms with Gasteiger partial charge in [-0.2, -0.15) is 0 Å². The van der Waals surface area contributed by atoms with E-state index in [1.807, 2.05) is 36.4 Å². The molecule has 10 heteroatoms. The van der Waals surface area contributed by atoms with Crippen LogP contribution in [0.1, 0.15) is 20.8 Å². The van der Waals surface area contributed by atoms with E-state index in [0.717, 1.165) is 27.4 Å². The van der Waals surface area contributed by atoms with Crippen molar-refractivity contribution in [2.45, 2.75) is 38.3 Å². The van der Waals surface area contributed by atoms with Crippen LogP contribution in [-0.2, 0) is 9.53 Å². The topological polar surface area (TPSA) is 79.5 Å². The zero-order chi connectivity index (χ0) is 23.5. The van der Waals surface area contributed by atoms with Gasteiger partial charge in [0.2, 0.25) is 0 Å². The van der Waals surface area contributed by atoms with Gasteiger partial charge in [0.15, 0.2) is 4.99 Å². The summed E-state index contributed by atoms with van der Waals surface area (Å²) in [7, 11) is 0. The van der Waals surface area contributed by atoms with Crippen LogP contribution >= 0.6 is 27.7 Å². The first-order chi connectivity index (χ1) is 15.1. The van der Waals surface area contributed by atoms with Crippen molar-refractivity contribution in [1.82, 2.24) is 10.6 Å². The first-order valence-electron chi connectivity index (χ1n) is 9.72. The average molecular weight is 526 g/mol. The van der Waals surface area contributed by atoms with E-state index in [-0.39, 0.29) is 11.0 Å². The molecule has 6 nitrogen and oxygen atoms in total. The van der Waals surface area contributed by atoms with E-state index in [1.165, 1.54) is 6.92 Å². The fourth-order valence-corrected chi connectivity index (χ4v) is 4.43. The van der Waals surface area contributed by atoms with Crippen molar-refractivity contribution in [1.29, 1.82) is 0 Å². The minimum atomic E-state index is -2.94. The molecule has 1 unspecified atom stereocenters. The third kappa shape index (κ3) is 5.80. The van der Waals surface area contributed by atoms with Crippen molar-refractivity contribution in [2.24, 2.45) is 0 Å². The predicted molar refractivity (Wildman–Crippen MR) is 125 cm³/mol. The molecule has 0 aliphatic carbocycles. The van der Waals surface area contributed by atoms with Crippen molar-refractivity contribution >= 4 is 45.4 Å². The highest BCUT2D eigenvalue weighted by atomic mass is 79.9. The number of carbonyl (C=O) groups excluding carboxylic acids is 2. The number of rotatable bonds is 6. The molecule has 170 valence electrons. The minimum Gasteiger partial charge on any atom is -0.447 e. The molecule has 2 aromatic carbocycles. The van der Waals surface area contributed by atoms with Crippen LogP contribution in [0.15, 0.2) is 63.6 Å². The van der Waals surface area contributed by atoms with Gasteiger partial charge < -0.3 is 15.4 Å². The molecule has 0 fully saturated rings. The minimum absolute atomic E-state index is 0.210. The molecule has 32 heavy (non-hydrogen) atoms. The molecule has 1 heterocycles. The van der Waals surface area contributed by atoms with Gasteiger partial charge in [0.05, 0.1) is 11.8 Å². The van der Waals surface area contributed by atoms with Gasteiger partial charge in [-0.3, -0.25) is 10.1 Å². The molecule has 3 N–H and O–H groups in total. The lowest BCUT2D eigenvalue weighted by molar-refractivity contribution is -0.112. The summed E-state index contributed by atoms with van der Waals surface area (Å²) in [5.74, 6) is -0.704. The third-order valence-electron chi connectivity index (χ3n) is 4.36. The quantitative estimate of drug-likeness (QED) is 0.452. The van der Waals surface area contributed by atoms with Gasteiger partial charge >= 0.3 is 6.09 Å². The monoisotopic (exact) mass is 525 g/mol. The third-order valence-corrected chi connectivity index (χ3v) is 6.11. The fourth-order valence-electron chi connectivity index (χ4n) is 3.07. The Balaban J connectivity index is 1.83. The summed E-state index contributed by atoms with van der Waals surface area (Å²) >= 11 is 4.18. The second kappa shape index (κ2) is 9.91. The van der Waals surface area contributed by atoms with Crippen molar-refractivity contribution in [3.8, 4) is 11.1 Å². The fraction of sp³-hybridized carbons (Fsp3) is 0.273. The molecule has 2 amide bonds. The number of amides is 2. The average Bonchev–Trinajstić information content (AvgIpc) is 3.06. The van der Waals surface area contributed by atoms with Crippen LogP contribution < -0.4 is 16.0 Å². The number of thioether (sulfide) groups is 1. The lowest BCUT2D eigenvalue weighted by atomic mass is 10.0. The standard InChI is InChI=1S/C22H22BrF2N3O3S/c1-12(2)31-21(30)28-22(3)27-17(19(24)25)18(32-22)20(29)26-16-7-5-4-6-15(16)13-8-10-14(23)11-9-13/h4-12,19,27H,1-3H3,(H,26,29)(H,28,30). The van der Waals surface area contributed by atoms with Crippen molar-refractivity contribution in [2.75, 3.05) is 5.32 Å². The van der Waals surface area contributed by atoms with Gasteiger partial charge in [-0.25, -0.2) is 13.6 Å². The maximum Gasteiger partial charge on any atom is 0.409 e. The number of allylic oxidation sites excluding steroid dienone is 1. The summed E-state index contributed by atoms with van der Waals surface area (Å²) in [4.78, 5) is 23.4. The van der Waals surface area contributed by atoms with Crippen molar-refractivity contribution in [3.63, 3.8) is 0 Å². The van der Waals surface area contributed by atoms with Crippen LogP contribution in [0.25, 0.3) is 11.1 Å². The highest BCUT2D eigenvalue weighted by Crippen LogP contribution is 2.40. The van der Waals surface area contributed by atoms with Crippen LogP contribution in [0.5, 0.6) is 0 Å². The molecule has 0 radical (unpaired) electrons. The highest BCUT2D eigenvalue weighted by Gasteiger charge is 2.42. The summed E-state index contributed by atoms with van der Waals surface area (Å²) in [6.45, 7) is 4.82. The Morgan fingerprint density at radius 1 is 1.12 bits per heavy atom. The van der Waals surface area contributed by atoms with Gasteiger partial charge in [-0.1, -0.05) is 58.0 Å². The first-order valence-corrected chi connectivity index (χ1v) is 11.3. The van der Waals surface area contributed by atoms with E-state index in [9.17, 15) is 18.4 Å². The van der Waals surface area contributed by atoms with E-state index >= 15 is 0 Å². The second-order valence-corrected chi connectivity index (χ2v) is 9.73. The van der Waals surface area contributed by atoms with E-state index < -0.39 is 29.1 Å². The number of hydrogen-bond acceptors (Lipinski definition) is 5. The summed E-state index contributed by atoms with van der Waals surface area (Å²) in [6, 6.07) is 14.6. The Morgan fingerprint density at radius 2 is 1.78 bits per heavy atom. The molecular formula is C22H22BrF2N3O3S. The number of alkyl halides is 2. The van der Waals surface area contributed by atoms with Crippen LogP contribution in [0.2, 0.25) is 0 Å². The van der Waals surface area contributed by atoms with Crippen molar-refractivity contribution in [3.05, 3.63) is 63.6 Å². The number of alkyl carbamates (subject to hydrolysis) is 1. The zero-order valence-corrected chi connectivity index (χ0v) is 19.9. The normalized spacial score (nSPS) is 18.0. The largest absolute Gasteiger partial charge is 0.447 e. The number of para-hydroxylation sites is 1. The molecule has 0 saturated carbocycles. The number of halogens is 3. The van der Waals surface area contributed by atoms with E-state index in [1.54, 1.807) is 26.0 Å². The number of benzene rings is 2. The van der Waals surface area contributed by atoms with E-state index in [0.29, 0.717) is 5.69 Å². The van der Waals surface area contributed by atoms with Crippen LogP contribution in [0.3, 0.4) is 0 Å². The zero-order valence-electron chi connectivity index (χ0n) is 17.5. The number of hydrogen-bond donors (Lipinski definition) is 3. The molecule has 2 aromatic rings. The van der Waals surface area contributed by atoms with Crippen LogP contribution in [-0.4, -0.2) is 29.5 Å². The molecule has 0 spiro atoms. The van der Waals surface area contributed by atoms with Gasteiger partial charge in [0.1, 0.15) is 4.91 Å². The number of anilines is 1. The summed E-state index contributed by atoms with van der Waals surface area (Å²) in [5.41, 5.74) is 1.51. The lowest BCUT2D eigenvalue weighted by Gasteiger charge is -2.26. The molecule has 0 bridgehead atoms. The van der Waals surface area contributed by atoms with Gasteiger partial charge in [0, 0.05) is 15.7 Å². The Hall–Kier alpha value is -2.59. The maximum atomic E-state index is 13.7. The Labute approximate surface area is 197 Å². The molecule has 0 aromatic heterocycles. The highest BCUT2D eigenvalue weighted by molar-refractivity contribution is 9.10. The van der Waals surface area contributed by atoms with Crippen LogP contribution in [0, 0.1) is 0 Å². The van der Waals surface area contributed by atoms with Gasteiger partial charge in [0.25, 0.3) is 12.3 Å². The molecule has 0 saturated heterocycles. The van der Waals surface area contributed by atoms with E-state index in [2.05, 4.69) is 31.9 Å². The number of nitrogens with one attached hydrogen (secondary N) is 3.